The van der Waals surface area contributed by atoms with Crippen LogP contribution in [0.2, 0.25) is 0 Å². The lowest BCUT2D eigenvalue weighted by atomic mass is 10.0. The van der Waals surface area contributed by atoms with Gasteiger partial charge in [0.15, 0.2) is 0 Å². The average Bonchev–Trinajstić information content (AvgIpc) is 2.59. The van der Waals surface area contributed by atoms with Crippen LogP contribution in [0.4, 0.5) is 4.79 Å². The van der Waals surface area contributed by atoms with Gasteiger partial charge in [-0.3, -0.25) is 9.59 Å². The number of piperidine rings is 1. The van der Waals surface area contributed by atoms with Crippen molar-refractivity contribution in [2.45, 2.75) is 50.2 Å². The van der Waals surface area contributed by atoms with Crippen molar-refractivity contribution in [3.05, 3.63) is 29.8 Å². The first-order valence-corrected chi connectivity index (χ1v) is 9.44. The Morgan fingerprint density at radius 1 is 1.19 bits per heavy atom. The van der Waals surface area contributed by atoms with Gasteiger partial charge >= 0.3 is 6.09 Å². The number of benzene rings is 1. The van der Waals surface area contributed by atoms with E-state index >= 15 is 0 Å². The fourth-order valence-corrected chi connectivity index (χ4v) is 3.04. The van der Waals surface area contributed by atoms with Crippen LogP contribution in [0.1, 0.15) is 44.0 Å². The summed E-state index contributed by atoms with van der Waals surface area (Å²) in [5, 5.41) is 5.47. The molecule has 148 valence electrons. The van der Waals surface area contributed by atoms with Crippen molar-refractivity contribution in [1.29, 1.82) is 0 Å². The van der Waals surface area contributed by atoms with Crippen molar-refractivity contribution in [2.24, 2.45) is 0 Å². The zero-order chi connectivity index (χ0) is 20.0. The SMILES string of the molecule is CC(C)(C)OC(=O)NCC(=O)N1CCC(NC(=O)c2ccccc2S)CC1. The second kappa shape index (κ2) is 9.12. The van der Waals surface area contributed by atoms with E-state index in [4.69, 9.17) is 4.74 Å². The summed E-state index contributed by atoms with van der Waals surface area (Å²) >= 11 is 4.30. The van der Waals surface area contributed by atoms with Crippen LogP contribution in [-0.4, -0.2) is 54.1 Å². The molecule has 1 aliphatic rings. The molecule has 3 amide bonds. The highest BCUT2D eigenvalue weighted by Crippen LogP contribution is 2.15. The number of rotatable bonds is 4. The van der Waals surface area contributed by atoms with Crippen LogP contribution >= 0.6 is 12.6 Å². The summed E-state index contributed by atoms with van der Waals surface area (Å²) < 4.78 is 5.11. The Morgan fingerprint density at radius 3 is 2.41 bits per heavy atom. The minimum absolute atomic E-state index is 0.00769. The molecule has 0 aromatic heterocycles. The third kappa shape index (κ3) is 6.78. The van der Waals surface area contributed by atoms with Gasteiger partial charge < -0.3 is 20.3 Å². The van der Waals surface area contributed by atoms with E-state index in [-0.39, 0.29) is 24.4 Å². The third-order valence-corrected chi connectivity index (χ3v) is 4.50. The lowest BCUT2D eigenvalue weighted by Crippen LogP contribution is -2.49. The Bertz CT molecular complexity index is 694. The van der Waals surface area contributed by atoms with Crippen LogP contribution in [0.5, 0.6) is 0 Å². The average molecular weight is 394 g/mol. The molecule has 27 heavy (non-hydrogen) atoms. The predicted octanol–water partition coefficient (Wildman–Crippen LogP) is 2.22. The molecular weight excluding hydrogens is 366 g/mol. The van der Waals surface area contributed by atoms with Gasteiger partial charge in [0.2, 0.25) is 5.91 Å². The fraction of sp³-hybridized carbons (Fsp3) is 0.526. The maximum atomic E-state index is 12.3. The molecule has 1 aliphatic heterocycles. The van der Waals surface area contributed by atoms with Crippen LogP contribution in [0.3, 0.4) is 0 Å². The van der Waals surface area contributed by atoms with Crippen LogP contribution < -0.4 is 10.6 Å². The van der Waals surface area contributed by atoms with E-state index in [1.54, 1.807) is 43.9 Å². The summed E-state index contributed by atoms with van der Waals surface area (Å²) in [6.45, 7) is 6.25. The summed E-state index contributed by atoms with van der Waals surface area (Å²) in [6.07, 6.45) is 0.723. The zero-order valence-corrected chi connectivity index (χ0v) is 16.8. The van der Waals surface area contributed by atoms with E-state index in [2.05, 4.69) is 23.3 Å². The van der Waals surface area contributed by atoms with Gasteiger partial charge in [0.05, 0.1) is 5.56 Å². The van der Waals surface area contributed by atoms with Crippen molar-refractivity contribution in [1.82, 2.24) is 15.5 Å². The number of nitrogens with one attached hydrogen (secondary N) is 2. The molecule has 0 aliphatic carbocycles. The maximum absolute atomic E-state index is 12.3. The van der Waals surface area contributed by atoms with Gasteiger partial charge in [-0.1, -0.05) is 12.1 Å². The molecular formula is C19H27N3O4S. The Hall–Kier alpha value is -2.22. The monoisotopic (exact) mass is 393 g/mol. The van der Waals surface area contributed by atoms with Crippen molar-refractivity contribution in [2.75, 3.05) is 19.6 Å². The molecule has 0 bridgehead atoms. The predicted molar refractivity (Wildman–Crippen MR) is 105 cm³/mol. The summed E-state index contributed by atoms with van der Waals surface area (Å²) in [6, 6.07) is 7.14. The number of amides is 3. The Kier molecular flexibility index (Phi) is 7.12. The number of nitrogens with zero attached hydrogens (tertiary/aromatic N) is 1. The lowest BCUT2D eigenvalue weighted by Gasteiger charge is -2.32. The van der Waals surface area contributed by atoms with E-state index in [0.29, 0.717) is 36.4 Å². The molecule has 1 fully saturated rings. The Balaban J connectivity index is 1.75. The summed E-state index contributed by atoms with van der Waals surface area (Å²) in [5.74, 6) is -0.316. The molecule has 0 saturated carbocycles. The van der Waals surface area contributed by atoms with Crippen LogP contribution in [0.15, 0.2) is 29.2 Å². The van der Waals surface area contributed by atoms with Crippen molar-refractivity contribution in [3.8, 4) is 0 Å². The van der Waals surface area contributed by atoms with E-state index in [1.165, 1.54) is 0 Å². The minimum Gasteiger partial charge on any atom is -0.444 e. The molecule has 0 atom stereocenters. The number of alkyl carbamates (subject to hydrolysis) is 1. The number of ether oxygens (including phenoxy) is 1. The van der Waals surface area contributed by atoms with Gasteiger partial charge in [0, 0.05) is 24.0 Å². The number of carbonyl (C=O) groups excluding carboxylic acids is 3. The standard InChI is InChI=1S/C19H27N3O4S/c1-19(2,3)26-18(25)20-12-16(23)22-10-8-13(9-11-22)21-17(24)14-6-4-5-7-15(14)27/h4-7,13,27H,8-12H2,1-3H3,(H,20,25)(H,21,24). The first kappa shape index (κ1) is 21.1. The number of likely N-dealkylation sites (tertiary alicyclic amines) is 1. The van der Waals surface area contributed by atoms with Crippen molar-refractivity contribution < 1.29 is 19.1 Å². The smallest absolute Gasteiger partial charge is 0.408 e. The third-order valence-electron chi connectivity index (χ3n) is 4.11. The van der Waals surface area contributed by atoms with Gasteiger partial charge in [0.25, 0.3) is 5.91 Å². The number of thiol groups is 1. The van der Waals surface area contributed by atoms with Gasteiger partial charge in [0.1, 0.15) is 12.1 Å². The molecule has 2 rings (SSSR count). The van der Waals surface area contributed by atoms with Gasteiger partial charge in [-0.05, 0) is 45.7 Å². The molecule has 7 nitrogen and oxygen atoms in total. The maximum Gasteiger partial charge on any atom is 0.408 e. The van der Waals surface area contributed by atoms with E-state index < -0.39 is 11.7 Å². The van der Waals surface area contributed by atoms with Crippen LogP contribution in [-0.2, 0) is 9.53 Å². The molecule has 8 heteroatoms. The highest BCUT2D eigenvalue weighted by molar-refractivity contribution is 7.80. The second-order valence-corrected chi connectivity index (χ2v) is 7.98. The van der Waals surface area contributed by atoms with Crippen LogP contribution in [0.25, 0.3) is 0 Å². The lowest BCUT2D eigenvalue weighted by molar-refractivity contribution is -0.131. The first-order chi connectivity index (χ1) is 12.7. The van der Waals surface area contributed by atoms with Crippen LogP contribution in [0, 0.1) is 0 Å². The second-order valence-electron chi connectivity index (χ2n) is 7.50. The number of carbonyl (C=O) groups is 3. The molecule has 0 unspecified atom stereocenters. The fourth-order valence-electron chi connectivity index (χ4n) is 2.78. The molecule has 1 saturated heterocycles. The highest BCUT2D eigenvalue weighted by Gasteiger charge is 2.25. The largest absolute Gasteiger partial charge is 0.444 e. The Labute approximate surface area is 165 Å². The van der Waals surface area contributed by atoms with E-state index in [0.717, 1.165) is 0 Å². The summed E-state index contributed by atoms with van der Waals surface area (Å²) in [5.41, 5.74) is -0.0594. The van der Waals surface area contributed by atoms with Crippen molar-refractivity contribution in [3.63, 3.8) is 0 Å². The first-order valence-electron chi connectivity index (χ1n) is 8.99. The molecule has 2 N–H and O–H groups in total. The number of hydrogen-bond acceptors (Lipinski definition) is 5. The molecule has 0 spiro atoms. The molecule has 1 aromatic rings. The normalized spacial score (nSPS) is 15.2. The topological polar surface area (TPSA) is 87.7 Å². The highest BCUT2D eigenvalue weighted by atomic mass is 32.1. The van der Waals surface area contributed by atoms with E-state index in [1.807, 2.05) is 6.07 Å². The summed E-state index contributed by atoms with van der Waals surface area (Å²) in [7, 11) is 0. The van der Waals surface area contributed by atoms with Gasteiger partial charge in [-0.15, -0.1) is 12.6 Å². The Morgan fingerprint density at radius 2 is 1.81 bits per heavy atom. The zero-order valence-electron chi connectivity index (χ0n) is 15.9. The molecule has 1 heterocycles. The quantitative estimate of drug-likeness (QED) is 0.685. The molecule has 1 aromatic carbocycles. The number of hydrogen-bond donors (Lipinski definition) is 3. The molecule has 0 radical (unpaired) electrons. The van der Waals surface area contributed by atoms with Gasteiger partial charge in [-0.2, -0.15) is 0 Å². The van der Waals surface area contributed by atoms with Gasteiger partial charge in [-0.25, -0.2) is 4.79 Å². The summed E-state index contributed by atoms with van der Waals surface area (Å²) in [4.78, 5) is 38.5. The minimum atomic E-state index is -0.608. The van der Waals surface area contributed by atoms with Crippen molar-refractivity contribution >= 4 is 30.5 Å². The van der Waals surface area contributed by atoms with E-state index in [9.17, 15) is 14.4 Å².